The van der Waals surface area contributed by atoms with E-state index in [0.717, 1.165) is 150 Å². The average Bonchev–Trinajstić information content (AvgIpc) is 3.71. The monoisotopic (exact) mass is 960 g/mol. The molecular formula is C54H74ClN3O10. The van der Waals surface area contributed by atoms with Gasteiger partial charge in [0, 0.05) is 65.6 Å². The van der Waals surface area contributed by atoms with Crippen LogP contribution in [-0.4, -0.2) is 148 Å². The quantitative estimate of drug-likeness (QED) is 0.0527. The molecule has 14 heteroatoms. The van der Waals surface area contributed by atoms with Crippen molar-refractivity contribution in [2.24, 2.45) is 0 Å². The van der Waals surface area contributed by atoms with E-state index < -0.39 is 5.97 Å². The van der Waals surface area contributed by atoms with Gasteiger partial charge in [-0.1, -0.05) is 12.8 Å². The maximum Gasteiger partial charge on any atom is 0.338 e. The summed E-state index contributed by atoms with van der Waals surface area (Å²) >= 11 is 5.70. The second kappa shape index (κ2) is 26.4. The molecule has 1 aliphatic carbocycles. The molecule has 1 amide bonds. The van der Waals surface area contributed by atoms with Gasteiger partial charge in [0.05, 0.1) is 91.4 Å². The molecule has 5 aliphatic heterocycles. The van der Waals surface area contributed by atoms with Gasteiger partial charge in [0.2, 0.25) is 0 Å². The molecule has 2 saturated heterocycles. The minimum atomic E-state index is -0.435. The number of carbonyl (C=O) groups is 2. The number of ether oxygens (including phenoxy) is 8. The van der Waals surface area contributed by atoms with Crippen LogP contribution < -0.4 is 15.0 Å². The van der Waals surface area contributed by atoms with Crippen LogP contribution in [0, 0.1) is 0 Å². The Bertz CT molecular complexity index is 2120. The summed E-state index contributed by atoms with van der Waals surface area (Å²) in [6, 6.07) is 7.95. The molecule has 2 fully saturated rings. The van der Waals surface area contributed by atoms with Crippen LogP contribution in [0.2, 0.25) is 0 Å². The molecule has 372 valence electrons. The predicted molar refractivity (Wildman–Crippen MR) is 264 cm³/mol. The number of piperidine rings is 1. The van der Waals surface area contributed by atoms with Gasteiger partial charge in [0.15, 0.2) is 0 Å². The van der Waals surface area contributed by atoms with Gasteiger partial charge in [0.1, 0.15) is 11.5 Å². The number of aryl methyl sites for hydroxylation is 1. The van der Waals surface area contributed by atoms with E-state index in [9.17, 15) is 9.59 Å². The molecule has 0 saturated carbocycles. The molecule has 13 nitrogen and oxygen atoms in total. The number of nitrogens with zero attached hydrogens (tertiary/aromatic N) is 2. The van der Waals surface area contributed by atoms with E-state index in [2.05, 4.69) is 27.3 Å². The molecule has 0 aromatic heterocycles. The van der Waals surface area contributed by atoms with Crippen LogP contribution in [-0.2, 0) is 46.0 Å². The smallest absolute Gasteiger partial charge is 0.338 e. The maximum absolute atomic E-state index is 13.9. The van der Waals surface area contributed by atoms with Crippen LogP contribution in [0.1, 0.15) is 120 Å². The molecular weight excluding hydrogens is 886 g/mol. The van der Waals surface area contributed by atoms with E-state index >= 15 is 0 Å². The summed E-state index contributed by atoms with van der Waals surface area (Å²) in [6.45, 7) is 10.6. The summed E-state index contributed by atoms with van der Waals surface area (Å²) in [6.07, 6.45) is 17.5. The second-order valence-electron chi connectivity index (χ2n) is 18.5. The molecule has 1 unspecified atom stereocenters. The number of alkyl halides is 1. The summed E-state index contributed by atoms with van der Waals surface area (Å²) < 4.78 is 46.5. The Morgan fingerprint density at radius 3 is 2.07 bits per heavy atom. The molecule has 0 bridgehead atoms. The molecule has 8 rings (SSSR count). The number of halogens is 1. The van der Waals surface area contributed by atoms with Crippen molar-refractivity contribution in [3.8, 4) is 5.75 Å². The van der Waals surface area contributed by atoms with Crippen molar-refractivity contribution in [3.63, 3.8) is 0 Å². The third-order valence-corrected chi connectivity index (χ3v) is 14.2. The standard InChI is InChI=1S/C54H74ClN3O10/c1-61-54(60)42-17-16-41(53(59)56-19-25-63-27-29-65-31-33-67-35-34-66-32-30-64-28-26-62-24-9-3-2-6-18-55)38-45(42)48-46-36-39-12-4-7-20-57-22-10-14-43(49(39)57)51(46)68-52-44-15-11-23-58-21-8-5-13-40(50(44)58)37-47(48)52/h16-17,36-38,49H,2-15,18-35H2,1H3,(H,56,59). The molecule has 1 atom stereocenters. The maximum atomic E-state index is 13.9. The van der Waals surface area contributed by atoms with Crippen LogP contribution in [0.15, 0.2) is 52.8 Å². The molecule has 2 aromatic rings. The summed E-state index contributed by atoms with van der Waals surface area (Å²) in [5.41, 5.74) is 11.3. The third-order valence-electron chi connectivity index (χ3n) is 14.0. The Kier molecular flexibility index (Phi) is 19.7. The summed E-state index contributed by atoms with van der Waals surface area (Å²) in [7, 11) is 1.42. The van der Waals surface area contributed by atoms with E-state index in [-0.39, 0.29) is 11.9 Å². The zero-order valence-electron chi connectivity index (χ0n) is 40.4. The number of anilines is 1. The normalized spacial score (nSPS) is 18.7. The van der Waals surface area contributed by atoms with Crippen molar-refractivity contribution in [2.45, 2.75) is 95.9 Å². The lowest BCUT2D eigenvalue weighted by Gasteiger charge is -2.43. The van der Waals surface area contributed by atoms with E-state index in [1.165, 1.54) is 41.5 Å². The number of unbranched alkanes of at least 4 members (excludes halogenated alkanes) is 3. The van der Waals surface area contributed by atoms with Gasteiger partial charge in [-0.15, -0.1) is 11.6 Å². The Labute approximate surface area is 408 Å². The fourth-order valence-electron chi connectivity index (χ4n) is 10.8. The van der Waals surface area contributed by atoms with E-state index in [4.69, 9.17) is 49.5 Å². The number of esters is 1. The molecule has 68 heavy (non-hydrogen) atoms. The van der Waals surface area contributed by atoms with Gasteiger partial charge in [0.25, 0.3) is 5.91 Å². The Morgan fingerprint density at radius 1 is 0.691 bits per heavy atom. The molecule has 5 heterocycles. The van der Waals surface area contributed by atoms with Crippen molar-refractivity contribution in [1.82, 2.24) is 10.2 Å². The van der Waals surface area contributed by atoms with Crippen LogP contribution in [0.5, 0.6) is 5.75 Å². The first-order valence-electron chi connectivity index (χ1n) is 25.6. The molecule has 0 radical (unpaired) electrons. The lowest BCUT2D eigenvalue weighted by molar-refractivity contribution is -0.0166. The minimum absolute atomic E-state index is 0.237. The zero-order chi connectivity index (χ0) is 46.9. The Hall–Kier alpha value is -3.79. The number of allylic oxidation sites excluding steroid dienone is 1. The number of nitrogens with one attached hydrogen (secondary N) is 1. The van der Waals surface area contributed by atoms with Gasteiger partial charge in [-0.25, -0.2) is 4.79 Å². The molecule has 2 aromatic carbocycles. The number of hydrogen-bond acceptors (Lipinski definition) is 12. The first-order valence-corrected chi connectivity index (χ1v) is 26.2. The number of fused-ring (bicyclic) bond motifs is 3. The van der Waals surface area contributed by atoms with Gasteiger partial charge >= 0.3 is 5.97 Å². The van der Waals surface area contributed by atoms with Gasteiger partial charge in [-0.2, -0.15) is 0 Å². The van der Waals surface area contributed by atoms with Gasteiger partial charge in [-0.3, -0.25) is 9.69 Å². The topological polar surface area (TPSA) is 126 Å². The van der Waals surface area contributed by atoms with Crippen LogP contribution in [0.4, 0.5) is 5.69 Å². The number of benzene rings is 2. The Balaban J connectivity index is 0.851. The van der Waals surface area contributed by atoms with Crippen LogP contribution in [0.3, 0.4) is 0 Å². The number of carbonyl (C=O) groups excluding carboxylic acids is 2. The minimum Gasteiger partial charge on any atom is -0.465 e. The average molecular weight is 961 g/mol. The Morgan fingerprint density at radius 2 is 1.34 bits per heavy atom. The fraction of sp³-hybridized carbons (Fsp3) is 0.630. The number of amides is 1. The largest absolute Gasteiger partial charge is 0.465 e. The molecule has 0 spiro atoms. The van der Waals surface area contributed by atoms with E-state index in [1.54, 1.807) is 12.1 Å². The van der Waals surface area contributed by atoms with Crippen molar-refractivity contribution < 1.29 is 47.5 Å². The van der Waals surface area contributed by atoms with Crippen LogP contribution in [0.25, 0.3) is 5.57 Å². The lowest BCUT2D eigenvalue weighted by atomic mass is 9.76. The number of methoxy groups -OCH3 is 1. The fourth-order valence-corrected chi connectivity index (χ4v) is 10.9. The highest BCUT2D eigenvalue weighted by atomic mass is 35.5. The van der Waals surface area contributed by atoms with Crippen molar-refractivity contribution in [2.75, 3.05) is 130 Å². The molecule has 6 aliphatic rings. The lowest BCUT2D eigenvalue weighted by Crippen LogP contribution is -2.44. The third kappa shape index (κ3) is 12.7. The highest BCUT2D eigenvalue weighted by Gasteiger charge is 2.42. The van der Waals surface area contributed by atoms with Gasteiger partial charge in [-0.05, 0) is 143 Å². The highest BCUT2D eigenvalue weighted by Crippen LogP contribution is 2.54. The van der Waals surface area contributed by atoms with E-state index in [0.29, 0.717) is 95.9 Å². The highest BCUT2D eigenvalue weighted by molar-refractivity contribution is 6.17. The van der Waals surface area contributed by atoms with Crippen LogP contribution >= 0.6 is 11.6 Å². The van der Waals surface area contributed by atoms with Crippen molar-refractivity contribution in [1.29, 1.82) is 0 Å². The zero-order valence-corrected chi connectivity index (χ0v) is 41.2. The van der Waals surface area contributed by atoms with Crippen molar-refractivity contribution >= 4 is 34.7 Å². The van der Waals surface area contributed by atoms with E-state index in [1.807, 2.05) is 6.07 Å². The summed E-state index contributed by atoms with van der Waals surface area (Å²) in [5.74, 6) is 1.92. The summed E-state index contributed by atoms with van der Waals surface area (Å²) in [4.78, 5) is 32.9. The van der Waals surface area contributed by atoms with Gasteiger partial charge < -0.3 is 48.1 Å². The number of rotatable bonds is 27. The summed E-state index contributed by atoms with van der Waals surface area (Å²) in [5, 5.41) is 3.04. The van der Waals surface area contributed by atoms with Crippen molar-refractivity contribution in [3.05, 3.63) is 86.2 Å². The SMILES string of the molecule is COC(=O)c1ccc(C(=O)NCCOCCOCCOCCOCCOCCOCCCCCCCl)cc1C1=C2C=C3CCCCN4CCCC(=C2Oc2c1cc1c5c2CCCN5CCCC1)C34. The first-order chi connectivity index (χ1) is 33.6. The first kappa shape index (κ1) is 50.6. The predicted octanol–water partition coefficient (Wildman–Crippen LogP) is 8.23. The molecule has 1 N–H and O–H groups in total. The number of hydrogen-bond donors (Lipinski definition) is 1. The second-order valence-corrected chi connectivity index (χ2v) is 18.9.